The topological polar surface area (TPSA) is 76.2 Å². The second-order valence-corrected chi connectivity index (χ2v) is 14.9. The normalized spacial score (nSPS) is 12.3. The van der Waals surface area contributed by atoms with Crippen LogP contribution >= 0.6 is 0 Å². The molecule has 0 saturated heterocycles. The molecule has 0 atom stereocenters. The number of benzene rings is 4. The van der Waals surface area contributed by atoms with E-state index in [0.717, 1.165) is 76.1 Å². The molecule has 2 aromatic heterocycles. The first-order valence-corrected chi connectivity index (χ1v) is 18.4. The number of aliphatic hydroxyl groups is 1. The summed E-state index contributed by atoms with van der Waals surface area (Å²) in [5.41, 5.74) is 9.93. The third kappa shape index (κ3) is 9.08. The van der Waals surface area contributed by atoms with E-state index in [9.17, 15) is 9.90 Å². The van der Waals surface area contributed by atoms with Gasteiger partial charge in [-0.25, -0.2) is 4.98 Å². The van der Waals surface area contributed by atoms with Crippen molar-refractivity contribution < 1.29 is 35.8 Å². The van der Waals surface area contributed by atoms with Crippen molar-refractivity contribution in [3.05, 3.63) is 108 Å². The van der Waals surface area contributed by atoms with Gasteiger partial charge < -0.3 is 9.52 Å². The second-order valence-electron chi connectivity index (χ2n) is 14.9. The SMILES string of the molecule is CCC(CC)C(=O)/C=C(\O)C(CC)CC.[2H]c1cc(-c2ncnc3c2oc2c(C)c(-c4ccc(CC(C)(C)C)cc4C)ccc23)[c-]c2ccccc12.[Ir]. The van der Waals surface area contributed by atoms with E-state index in [0.29, 0.717) is 17.3 Å². The van der Waals surface area contributed by atoms with Crippen molar-refractivity contribution in [1.29, 1.82) is 0 Å². The molecule has 0 bridgehead atoms. The van der Waals surface area contributed by atoms with Crippen LogP contribution in [-0.4, -0.2) is 20.9 Å². The summed E-state index contributed by atoms with van der Waals surface area (Å²) in [6.07, 6.45) is 7.52. The first kappa shape index (κ1) is 39.1. The minimum atomic E-state index is 0. The predicted octanol–water partition coefficient (Wildman–Crippen LogP) is 12.7. The van der Waals surface area contributed by atoms with Gasteiger partial charge in [-0.2, -0.15) is 0 Å². The molecule has 0 fully saturated rings. The number of aliphatic hydroxyl groups excluding tert-OH is 1. The van der Waals surface area contributed by atoms with Gasteiger partial charge in [0.05, 0.1) is 11.5 Å². The molecular weight excluding hydrogens is 821 g/mol. The molecule has 0 spiro atoms. The van der Waals surface area contributed by atoms with Crippen molar-refractivity contribution in [2.75, 3.05) is 0 Å². The Kier molecular flexibility index (Phi) is 13.2. The van der Waals surface area contributed by atoms with Crippen LogP contribution in [-0.2, 0) is 31.3 Å². The average Bonchev–Trinajstić information content (AvgIpc) is 3.49. The Morgan fingerprint density at radius 2 is 1.58 bits per heavy atom. The fourth-order valence-electron chi connectivity index (χ4n) is 6.96. The molecule has 6 aromatic rings. The zero-order valence-electron chi connectivity index (χ0n) is 33.1. The standard InChI is InChI=1S/C33H29N2O.C13H24O2.Ir/c1-20-16-22(18-33(3,4)5)10-13-26(20)27-14-15-28-30-32(36-31(28)21(27)2)29(34-19-35-30)25-12-11-23-8-6-7-9-24(23)17-25;1-5-10(6-2)12(14)9-13(15)11(7-3)8-4;/h6-16,19H,18H2,1-5H3;9-11,14H,5-8H2,1-4H3;/q-1;;/b;12-9-;/i11D;;. The van der Waals surface area contributed by atoms with Crippen molar-refractivity contribution in [3.8, 4) is 22.4 Å². The van der Waals surface area contributed by atoms with Gasteiger partial charge in [-0.05, 0) is 79.7 Å². The maximum absolute atomic E-state index is 11.7. The van der Waals surface area contributed by atoms with Crippen LogP contribution in [0.3, 0.4) is 0 Å². The minimum Gasteiger partial charge on any atom is -0.512 e. The molecule has 0 unspecified atom stereocenters. The zero-order valence-corrected chi connectivity index (χ0v) is 34.5. The van der Waals surface area contributed by atoms with Crippen molar-refractivity contribution in [2.24, 2.45) is 17.3 Å². The van der Waals surface area contributed by atoms with Gasteiger partial charge in [0.25, 0.3) is 0 Å². The van der Waals surface area contributed by atoms with E-state index in [-0.39, 0.29) is 48.9 Å². The number of rotatable bonds is 10. The third-order valence-corrected chi connectivity index (χ3v) is 9.89. The number of ketones is 1. The van der Waals surface area contributed by atoms with E-state index in [2.05, 4.69) is 81.0 Å². The van der Waals surface area contributed by atoms with Crippen molar-refractivity contribution in [3.63, 3.8) is 0 Å². The fraction of sp³-hybridized carbons (Fsp3) is 0.370. The number of aromatic nitrogens is 2. The largest absolute Gasteiger partial charge is 0.512 e. The van der Waals surface area contributed by atoms with Crippen LogP contribution in [0.2, 0.25) is 0 Å². The molecule has 6 rings (SSSR count). The summed E-state index contributed by atoms with van der Waals surface area (Å²) in [5, 5.41) is 12.5. The van der Waals surface area contributed by atoms with E-state index in [4.69, 9.17) is 5.79 Å². The van der Waals surface area contributed by atoms with Gasteiger partial charge >= 0.3 is 0 Å². The van der Waals surface area contributed by atoms with Gasteiger partial charge in [-0.3, -0.25) is 9.78 Å². The van der Waals surface area contributed by atoms with Gasteiger partial charge in [0.15, 0.2) is 5.78 Å². The van der Waals surface area contributed by atoms with E-state index in [1.807, 2.05) is 52.0 Å². The number of aryl methyl sites for hydroxylation is 2. The summed E-state index contributed by atoms with van der Waals surface area (Å²) in [4.78, 5) is 20.9. The molecule has 0 saturated carbocycles. The quantitative estimate of drug-likeness (QED) is 0.0843. The van der Waals surface area contributed by atoms with Crippen LogP contribution < -0.4 is 0 Å². The third-order valence-electron chi connectivity index (χ3n) is 9.89. The van der Waals surface area contributed by atoms with Crippen LogP contribution in [0, 0.1) is 37.2 Å². The minimum absolute atomic E-state index is 0. The van der Waals surface area contributed by atoms with Crippen molar-refractivity contribution >= 4 is 38.6 Å². The van der Waals surface area contributed by atoms with E-state index in [1.54, 1.807) is 12.4 Å². The number of carbonyl (C=O) groups is 1. The van der Waals surface area contributed by atoms with E-state index >= 15 is 0 Å². The Hall–Kier alpha value is -4.12. The maximum atomic E-state index is 11.7. The summed E-state index contributed by atoms with van der Waals surface area (Å²) in [5.74, 6) is 0.547. The number of allylic oxidation sites excluding steroid dienone is 2. The zero-order chi connectivity index (χ0) is 37.7. The molecule has 1 N–H and O–H groups in total. The van der Waals surface area contributed by atoms with Crippen LogP contribution in [0.5, 0.6) is 0 Å². The Morgan fingerprint density at radius 1 is 0.904 bits per heavy atom. The Labute approximate surface area is 324 Å². The molecular formula is C46H53IrN2O3-. The second kappa shape index (κ2) is 17.6. The number of hydrogen-bond acceptors (Lipinski definition) is 5. The maximum Gasteiger partial charge on any atom is 0.162 e. The molecule has 5 nitrogen and oxygen atoms in total. The number of nitrogens with zero attached hydrogens (tertiary/aromatic N) is 2. The van der Waals surface area contributed by atoms with Gasteiger partial charge in [0, 0.05) is 50.3 Å². The molecule has 0 aliphatic rings. The fourth-order valence-corrected chi connectivity index (χ4v) is 6.96. The first-order chi connectivity index (χ1) is 24.8. The molecule has 0 aliphatic carbocycles. The monoisotopic (exact) mass is 875 g/mol. The Morgan fingerprint density at radius 3 is 2.23 bits per heavy atom. The van der Waals surface area contributed by atoms with Crippen LogP contribution in [0.25, 0.3) is 55.2 Å². The molecule has 1 radical (unpaired) electrons. The predicted molar refractivity (Wildman–Crippen MR) is 213 cm³/mol. The van der Waals surface area contributed by atoms with Crippen molar-refractivity contribution in [1.82, 2.24) is 9.97 Å². The van der Waals surface area contributed by atoms with Crippen molar-refractivity contribution in [2.45, 2.75) is 94.4 Å². The Bertz CT molecular complexity index is 2240. The summed E-state index contributed by atoms with van der Waals surface area (Å²) >= 11 is 0. The number of fused-ring (bicyclic) bond motifs is 4. The molecule has 0 amide bonds. The average molecular weight is 875 g/mol. The molecule has 6 heteroatoms. The van der Waals surface area contributed by atoms with Crippen LogP contribution in [0.4, 0.5) is 0 Å². The van der Waals surface area contributed by atoms with Gasteiger partial charge in [-0.1, -0.05) is 102 Å². The number of hydrogen-bond donors (Lipinski definition) is 1. The molecule has 275 valence electrons. The first-order valence-electron chi connectivity index (χ1n) is 18.9. The summed E-state index contributed by atoms with van der Waals surface area (Å²) in [6, 6.07) is 24.5. The Balaban J connectivity index is 0.000000335. The smallest absolute Gasteiger partial charge is 0.162 e. The summed E-state index contributed by atoms with van der Waals surface area (Å²) < 4.78 is 15.0. The molecule has 52 heavy (non-hydrogen) atoms. The summed E-state index contributed by atoms with van der Waals surface area (Å²) in [6.45, 7) is 19.2. The van der Waals surface area contributed by atoms with Crippen LogP contribution in [0.15, 0.2) is 89.3 Å². The van der Waals surface area contributed by atoms with E-state index in [1.165, 1.54) is 22.8 Å². The van der Waals surface area contributed by atoms with Crippen LogP contribution in [0.1, 0.15) is 92.2 Å². The number of furan rings is 1. The summed E-state index contributed by atoms with van der Waals surface area (Å²) in [7, 11) is 0. The van der Waals surface area contributed by atoms with Gasteiger partial charge in [0.2, 0.25) is 0 Å². The molecule has 0 aliphatic heterocycles. The molecule has 4 aromatic carbocycles. The number of carbonyl (C=O) groups excluding carboxylic acids is 1. The van der Waals surface area contributed by atoms with Gasteiger partial charge in [0.1, 0.15) is 23.0 Å². The van der Waals surface area contributed by atoms with E-state index < -0.39 is 0 Å². The molecule has 2 heterocycles. The van der Waals surface area contributed by atoms with Gasteiger partial charge in [-0.15, -0.1) is 29.6 Å².